The van der Waals surface area contributed by atoms with Gasteiger partial charge >= 0.3 is 11.8 Å². The van der Waals surface area contributed by atoms with Crippen molar-refractivity contribution in [3.05, 3.63) is 77.3 Å². The summed E-state index contributed by atoms with van der Waals surface area (Å²) < 4.78 is 0. The lowest BCUT2D eigenvalue weighted by Crippen LogP contribution is -2.32. The smallest absolute Gasteiger partial charge is 0.317 e. The van der Waals surface area contributed by atoms with Gasteiger partial charge in [0.05, 0.1) is 6.21 Å². The maximum atomic E-state index is 12.0. The molecule has 124 valence electrons. The van der Waals surface area contributed by atoms with Crippen molar-refractivity contribution < 1.29 is 9.59 Å². The maximum Gasteiger partial charge on any atom is 0.329 e. The second kappa shape index (κ2) is 7.59. The summed E-state index contributed by atoms with van der Waals surface area (Å²) in [5, 5.41) is 8.80. The van der Waals surface area contributed by atoms with Crippen molar-refractivity contribution >= 4 is 46.1 Å². The zero-order valence-corrected chi connectivity index (χ0v) is 13.8. The molecule has 3 aromatic carbocycles. The van der Waals surface area contributed by atoms with Crippen molar-refractivity contribution in [1.82, 2.24) is 5.43 Å². The van der Waals surface area contributed by atoms with Crippen LogP contribution in [-0.2, 0) is 9.59 Å². The number of amides is 2. The predicted molar refractivity (Wildman–Crippen MR) is 99.8 cm³/mol. The van der Waals surface area contributed by atoms with Crippen molar-refractivity contribution in [2.45, 2.75) is 0 Å². The molecule has 6 heteroatoms. The van der Waals surface area contributed by atoms with E-state index in [1.807, 2.05) is 36.4 Å². The largest absolute Gasteiger partial charge is 0.329 e. The van der Waals surface area contributed by atoms with Crippen LogP contribution < -0.4 is 10.7 Å². The summed E-state index contributed by atoms with van der Waals surface area (Å²) in [6.45, 7) is 0. The van der Waals surface area contributed by atoms with E-state index in [0.29, 0.717) is 10.7 Å². The predicted octanol–water partition coefficient (Wildman–Crippen LogP) is 3.58. The number of hydrogen-bond donors (Lipinski definition) is 2. The Morgan fingerprint density at radius 3 is 2.40 bits per heavy atom. The molecule has 0 radical (unpaired) electrons. The molecule has 2 N–H and O–H groups in total. The Labute approximate surface area is 149 Å². The molecule has 0 aliphatic heterocycles. The number of anilines is 1. The third kappa shape index (κ3) is 4.22. The molecular formula is C19H14ClN3O2. The van der Waals surface area contributed by atoms with Crippen LogP contribution in [0.25, 0.3) is 10.8 Å². The number of carbonyl (C=O) groups excluding carboxylic acids is 2. The van der Waals surface area contributed by atoms with Crippen molar-refractivity contribution in [1.29, 1.82) is 0 Å². The molecule has 0 atom stereocenters. The van der Waals surface area contributed by atoms with Gasteiger partial charge in [-0.25, -0.2) is 5.43 Å². The van der Waals surface area contributed by atoms with E-state index in [1.165, 1.54) is 6.21 Å². The minimum Gasteiger partial charge on any atom is -0.317 e. The van der Waals surface area contributed by atoms with Gasteiger partial charge in [-0.05, 0) is 29.1 Å². The standard InChI is InChI=1S/C19H14ClN3O2/c20-15-10-8-13(9-11-15)12-21-23-19(25)18(24)22-17-7-3-5-14-4-1-2-6-16(14)17/h1-12H,(H,22,24)(H,23,25). The topological polar surface area (TPSA) is 70.6 Å². The Balaban J connectivity index is 1.64. The Morgan fingerprint density at radius 2 is 1.60 bits per heavy atom. The highest BCUT2D eigenvalue weighted by molar-refractivity contribution is 6.40. The lowest BCUT2D eigenvalue weighted by Gasteiger charge is -2.07. The van der Waals surface area contributed by atoms with Gasteiger partial charge in [0, 0.05) is 16.1 Å². The molecular weight excluding hydrogens is 338 g/mol. The fourth-order valence-electron chi connectivity index (χ4n) is 2.28. The SMILES string of the molecule is O=C(NN=Cc1ccc(Cl)cc1)C(=O)Nc1cccc2ccccc12. The molecule has 25 heavy (non-hydrogen) atoms. The van der Waals surface area contributed by atoms with Crippen LogP contribution in [0.1, 0.15) is 5.56 Å². The van der Waals surface area contributed by atoms with E-state index < -0.39 is 11.8 Å². The lowest BCUT2D eigenvalue weighted by atomic mass is 10.1. The van der Waals surface area contributed by atoms with E-state index >= 15 is 0 Å². The van der Waals surface area contributed by atoms with Crippen molar-refractivity contribution in [2.24, 2.45) is 5.10 Å². The molecule has 5 nitrogen and oxygen atoms in total. The summed E-state index contributed by atoms with van der Waals surface area (Å²) in [6.07, 6.45) is 1.43. The molecule has 0 saturated heterocycles. The Kier molecular flexibility index (Phi) is 5.06. The number of hydrazone groups is 1. The van der Waals surface area contributed by atoms with Crippen LogP contribution in [0, 0.1) is 0 Å². The minimum atomic E-state index is -0.849. The Hall–Kier alpha value is -3.18. The average molecular weight is 352 g/mol. The third-order valence-electron chi connectivity index (χ3n) is 3.49. The van der Waals surface area contributed by atoms with E-state index in [9.17, 15) is 9.59 Å². The van der Waals surface area contributed by atoms with Crippen LogP contribution in [0.15, 0.2) is 71.8 Å². The average Bonchev–Trinajstić information content (AvgIpc) is 2.63. The maximum absolute atomic E-state index is 12.0. The van der Waals surface area contributed by atoms with Crippen molar-refractivity contribution in [2.75, 3.05) is 5.32 Å². The first-order chi connectivity index (χ1) is 12.1. The molecule has 0 aliphatic rings. The normalized spacial score (nSPS) is 10.8. The Bertz CT molecular complexity index is 947. The van der Waals surface area contributed by atoms with E-state index in [0.717, 1.165) is 16.3 Å². The molecule has 3 aromatic rings. The van der Waals surface area contributed by atoms with Gasteiger partial charge in [-0.3, -0.25) is 9.59 Å². The summed E-state index contributed by atoms with van der Waals surface area (Å²) >= 11 is 5.79. The summed E-state index contributed by atoms with van der Waals surface area (Å²) in [6, 6.07) is 20.0. The zero-order chi connectivity index (χ0) is 17.6. The summed E-state index contributed by atoms with van der Waals surface area (Å²) in [5.74, 6) is -1.64. The Morgan fingerprint density at radius 1 is 0.880 bits per heavy atom. The third-order valence-corrected chi connectivity index (χ3v) is 3.75. The monoisotopic (exact) mass is 351 g/mol. The molecule has 0 bridgehead atoms. The van der Waals surface area contributed by atoms with Crippen molar-refractivity contribution in [3.8, 4) is 0 Å². The lowest BCUT2D eigenvalue weighted by molar-refractivity contribution is -0.136. The van der Waals surface area contributed by atoms with E-state index in [2.05, 4.69) is 15.8 Å². The van der Waals surface area contributed by atoms with Crippen LogP contribution in [-0.4, -0.2) is 18.0 Å². The zero-order valence-electron chi connectivity index (χ0n) is 13.1. The van der Waals surface area contributed by atoms with Gasteiger partial charge in [-0.15, -0.1) is 0 Å². The number of fused-ring (bicyclic) bond motifs is 1. The first kappa shape index (κ1) is 16.7. The van der Waals surface area contributed by atoms with E-state index in [4.69, 9.17) is 11.6 Å². The summed E-state index contributed by atoms with van der Waals surface area (Å²) in [4.78, 5) is 23.9. The molecule has 0 heterocycles. The second-order valence-corrected chi connectivity index (χ2v) is 5.67. The highest BCUT2D eigenvalue weighted by atomic mass is 35.5. The van der Waals surface area contributed by atoms with Crippen LogP contribution in [0.4, 0.5) is 5.69 Å². The number of carbonyl (C=O) groups is 2. The first-order valence-electron chi connectivity index (χ1n) is 7.51. The van der Waals surface area contributed by atoms with Crippen LogP contribution in [0.2, 0.25) is 5.02 Å². The van der Waals surface area contributed by atoms with Gasteiger partial charge in [-0.2, -0.15) is 5.10 Å². The molecule has 0 fully saturated rings. The summed E-state index contributed by atoms with van der Waals surface area (Å²) in [7, 11) is 0. The summed E-state index contributed by atoms with van der Waals surface area (Å²) in [5.41, 5.74) is 3.52. The highest BCUT2D eigenvalue weighted by Crippen LogP contribution is 2.22. The quantitative estimate of drug-likeness (QED) is 0.430. The van der Waals surface area contributed by atoms with E-state index in [1.54, 1.807) is 30.3 Å². The fraction of sp³-hybridized carbons (Fsp3) is 0. The van der Waals surface area contributed by atoms with Crippen molar-refractivity contribution in [3.63, 3.8) is 0 Å². The second-order valence-electron chi connectivity index (χ2n) is 5.23. The van der Waals surface area contributed by atoms with Gasteiger partial charge in [0.2, 0.25) is 0 Å². The van der Waals surface area contributed by atoms with Gasteiger partial charge in [0.25, 0.3) is 0 Å². The van der Waals surface area contributed by atoms with Gasteiger partial charge in [0.1, 0.15) is 0 Å². The van der Waals surface area contributed by atoms with Gasteiger partial charge < -0.3 is 5.32 Å². The molecule has 0 unspecified atom stereocenters. The fourth-order valence-corrected chi connectivity index (χ4v) is 2.40. The highest BCUT2D eigenvalue weighted by Gasteiger charge is 2.14. The minimum absolute atomic E-state index is 0.569. The molecule has 0 spiro atoms. The van der Waals surface area contributed by atoms with E-state index in [-0.39, 0.29) is 0 Å². The number of benzene rings is 3. The van der Waals surface area contributed by atoms with Gasteiger partial charge in [0.15, 0.2) is 0 Å². The molecule has 0 aromatic heterocycles. The molecule has 2 amide bonds. The number of hydrogen-bond acceptors (Lipinski definition) is 3. The van der Waals surface area contributed by atoms with Crippen LogP contribution in [0.3, 0.4) is 0 Å². The van der Waals surface area contributed by atoms with Gasteiger partial charge in [-0.1, -0.05) is 60.1 Å². The molecule has 0 aliphatic carbocycles. The van der Waals surface area contributed by atoms with Crippen LogP contribution >= 0.6 is 11.6 Å². The molecule has 3 rings (SSSR count). The number of nitrogens with one attached hydrogen (secondary N) is 2. The number of halogens is 1. The first-order valence-corrected chi connectivity index (χ1v) is 7.89. The number of rotatable bonds is 3. The molecule has 0 saturated carbocycles. The van der Waals surface area contributed by atoms with Crippen LogP contribution in [0.5, 0.6) is 0 Å². The number of nitrogens with zero attached hydrogens (tertiary/aromatic N) is 1.